The molecule has 0 aliphatic rings. The zero-order valence-electron chi connectivity index (χ0n) is 19.9. The summed E-state index contributed by atoms with van der Waals surface area (Å²) in [5.41, 5.74) is -1.80. The van der Waals surface area contributed by atoms with E-state index < -0.39 is 42.2 Å². The van der Waals surface area contributed by atoms with Gasteiger partial charge < -0.3 is 19.3 Å². The van der Waals surface area contributed by atoms with Crippen molar-refractivity contribution >= 4 is 21.6 Å². The lowest BCUT2D eigenvalue weighted by molar-refractivity contribution is -0.275. The number of benzene rings is 2. The summed E-state index contributed by atoms with van der Waals surface area (Å²) in [4.78, 5) is 26.7. The van der Waals surface area contributed by atoms with Crippen LogP contribution in [0.2, 0.25) is 0 Å². The number of rotatable bonds is 7. The van der Waals surface area contributed by atoms with Gasteiger partial charge in [-0.15, -0.1) is 24.5 Å². The van der Waals surface area contributed by atoms with Crippen LogP contribution in [0, 0.1) is 6.92 Å². The van der Waals surface area contributed by atoms with Crippen molar-refractivity contribution in [3.05, 3.63) is 68.9 Å². The van der Waals surface area contributed by atoms with E-state index in [2.05, 4.69) is 4.74 Å². The minimum atomic E-state index is -5.10. The number of thiophene rings is 1. The summed E-state index contributed by atoms with van der Waals surface area (Å²) < 4.78 is 93.8. The quantitative estimate of drug-likeness (QED) is 0.288. The Hall–Kier alpha value is -3.98. The Bertz CT molecular complexity index is 1620. The zero-order valence-corrected chi connectivity index (χ0v) is 20.8. The molecule has 0 bridgehead atoms. The van der Waals surface area contributed by atoms with Crippen LogP contribution >= 0.6 is 11.3 Å². The third kappa shape index (κ3) is 6.04. The monoisotopic (exact) mass is 576 g/mol. The molecule has 2 aromatic carbocycles. The number of H-pyrrole nitrogens is 1. The fourth-order valence-electron chi connectivity index (χ4n) is 3.70. The lowest BCUT2D eigenvalue weighted by Crippen LogP contribution is -2.38. The van der Waals surface area contributed by atoms with E-state index in [-0.39, 0.29) is 37.7 Å². The molecule has 39 heavy (non-hydrogen) atoms. The van der Waals surface area contributed by atoms with Gasteiger partial charge in [-0.25, -0.2) is 4.79 Å². The third-order valence-electron chi connectivity index (χ3n) is 5.52. The summed E-state index contributed by atoms with van der Waals surface area (Å²) in [6.07, 6.45) is -13.0. The van der Waals surface area contributed by atoms with Crippen molar-refractivity contribution in [3.63, 3.8) is 0 Å². The van der Waals surface area contributed by atoms with Gasteiger partial charge in [0.25, 0.3) is 5.56 Å². The van der Waals surface area contributed by atoms with E-state index in [1.807, 2.05) is 4.98 Å². The van der Waals surface area contributed by atoms with Gasteiger partial charge in [-0.1, -0.05) is 0 Å². The topological polar surface area (TPSA) is 103 Å². The van der Waals surface area contributed by atoms with Gasteiger partial charge in [-0.05, 0) is 60.5 Å². The molecule has 2 N–H and O–H groups in total. The van der Waals surface area contributed by atoms with E-state index in [9.17, 15) is 41.0 Å². The van der Waals surface area contributed by atoms with Crippen LogP contribution in [0.15, 0.2) is 52.1 Å². The number of hydrogen-bond donors (Lipinski definition) is 2. The highest BCUT2D eigenvalue weighted by Gasteiger charge is 2.39. The first-order valence-electron chi connectivity index (χ1n) is 10.9. The molecule has 0 spiro atoms. The lowest BCUT2D eigenvalue weighted by atomic mass is 10.1. The molecule has 1 unspecified atom stereocenters. The number of alkyl halides is 6. The standard InChI is InChI=1S/C24H18F6N2O6S/c1-11-18-20(34)31-22(35)32(10-17(33)23(25,26)27)21(18)39-19(11)12-3-8-15(16(9-12)38-24(28,29)30)37-14-6-4-13(36-2)5-7-14/h3-9,17,33H,10H2,1-2H3,(H,31,34,35). The molecule has 0 aliphatic heterocycles. The number of fused-ring (bicyclic) bond motifs is 1. The maximum Gasteiger partial charge on any atom is 0.573 e. The first-order chi connectivity index (χ1) is 18.2. The summed E-state index contributed by atoms with van der Waals surface area (Å²) in [6.45, 7) is 0.219. The number of nitrogens with one attached hydrogen (secondary N) is 1. The summed E-state index contributed by atoms with van der Waals surface area (Å²) >= 11 is 0.698. The first kappa shape index (κ1) is 28.0. The number of methoxy groups -OCH3 is 1. The van der Waals surface area contributed by atoms with Gasteiger partial charge >= 0.3 is 18.2 Å². The highest BCUT2D eigenvalue weighted by atomic mass is 32.1. The van der Waals surface area contributed by atoms with Crippen LogP contribution in [0.25, 0.3) is 20.7 Å². The van der Waals surface area contributed by atoms with Crippen molar-refractivity contribution in [1.29, 1.82) is 0 Å². The predicted molar refractivity (Wildman–Crippen MR) is 129 cm³/mol. The summed E-state index contributed by atoms with van der Waals surface area (Å²) in [5, 5.41) is 9.34. The van der Waals surface area contributed by atoms with E-state index in [1.165, 1.54) is 50.4 Å². The van der Waals surface area contributed by atoms with Crippen molar-refractivity contribution in [2.75, 3.05) is 7.11 Å². The van der Waals surface area contributed by atoms with Crippen molar-refractivity contribution in [3.8, 4) is 33.4 Å². The molecule has 4 rings (SSSR count). The smallest absolute Gasteiger partial charge is 0.497 e. The van der Waals surface area contributed by atoms with Gasteiger partial charge in [0.1, 0.15) is 16.3 Å². The molecule has 0 radical (unpaired) electrons. The minimum Gasteiger partial charge on any atom is -0.497 e. The Balaban J connectivity index is 1.82. The van der Waals surface area contributed by atoms with Crippen LogP contribution in [0.1, 0.15) is 5.56 Å². The Morgan fingerprint density at radius 1 is 1.00 bits per heavy atom. The van der Waals surface area contributed by atoms with Gasteiger partial charge in [-0.2, -0.15) is 13.2 Å². The molecule has 2 aromatic heterocycles. The number of nitrogens with zero attached hydrogens (tertiary/aromatic N) is 1. The number of aromatic amines is 1. The van der Waals surface area contributed by atoms with Gasteiger partial charge in [0.15, 0.2) is 17.6 Å². The van der Waals surface area contributed by atoms with Crippen LogP contribution in [-0.4, -0.2) is 40.4 Å². The molecule has 4 aromatic rings. The average Bonchev–Trinajstić information content (AvgIpc) is 3.19. The van der Waals surface area contributed by atoms with Crippen molar-refractivity contribution < 1.29 is 45.7 Å². The Labute approximate surface area is 218 Å². The van der Waals surface area contributed by atoms with E-state index in [0.29, 0.717) is 21.7 Å². The van der Waals surface area contributed by atoms with E-state index >= 15 is 0 Å². The Kier molecular flexibility index (Phi) is 7.40. The Morgan fingerprint density at radius 3 is 2.23 bits per heavy atom. The fourth-order valence-corrected chi connectivity index (χ4v) is 5.01. The molecule has 15 heteroatoms. The third-order valence-corrected chi connectivity index (χ3v) is 6.88. The van der Waals surface area contributed by atoms with Gasteiger partial charge in [0.05, 0.1) is 19.0 Å². The predicted octanol–water partition coefficient (Wildman–Crippen LogP) is 5.35. The number of aromatic nitrogens is 2. The molecular formula is C24H18F6N2O6S. The second kappa shape index (κ2) is 10.3. The number of hydrogen-bond acceptors (Lipinski definition) is 7. The first-order valence-corrected chi connectivity index (χ1v) is 11.7. The molecule has 8 nitrogen and oxygen atoms in total. The number of aliphatic hydroxyl groups is 1. The summed E-state index contributed by atoms with van der Waals surface area (Å²) in [6, 6.07) is 9.52. The molecule has 1 atom stereocenters. The molecule has 0 saturated carbocycles. The maximum atomic E-state index is 13.2. The van der Waals surface area contributed by atoms with E-state index in [4.69, 9.17) is 9.47 Å². The van der Waals surface area contributed by atoms with Crippen molar-refractivity contribution in [2.45, 2.75) is 32.1 Å². The van der Waals surface area contributed by atoms with Crippen molar-refractivity contribution in [1.82, 2.24) is 9.55 Å². The number of ether oxygens (including phenoxy) is 3. The number of aryl methyl sites for hydroxylation is 1. The average molecular weight is 576 g/mol. The molecule has 0 amide bonds. The fraction of sp³-hybridized carbons (Fsp3) is 0.250. The SMILES string of the molecule is COc1ccc(Oc2ccc(-c3sc4c(c3C)c(=O)[nH]c(=O)n4CC(O)C(F)(F)F)cc2OC(F)(F)F)cc1. The zero-order chi connectivity index (χ0) is 28.7. The molecule has 0 fully saturated rings. The highest BCUT2D eigenvalue weighted by Crippen LogP contribution is 2.42. The molecule has 2 heterocycles. The van der Waals surface area contributed by atoms with E-state index in [1.54, 1.807) is 0 Å². The second-order valence-corrected chi connectivity index (χ2v) is 9.15. The normalized spacial score (nSPS) is 12.9. The summed E-state index contributed by atoms with van der Waals surface area (Å²) in [5.74, 6) is -0.372. The largest absolute Gasteiger partial charge is 0.573 e. The molecule has 0 aliphatic carbocycles. The molecular weight excluding hydrogens is 558 g/mol. The van der Waals surface area contributed by atoms with Gasteiger partial charge in [0.2, 0.25) is 0 Å². The summed E-state index contributed by atoms with van der Waals surface area (Å²) in [7, 11) is 1.44. The maximum absolute atomic E-state index is 13.2. The molecule has 0 saturated heterocycles. The Morgan fingerprint density at radius 2 is 1.64 bits per heavy atom. The van der Waals surface area contributed by atoms with Crippen molar-refractivity contribution in [2.24, 2.45) is 0 Å². The van der Waals surface area contributed by atoms with Crippen LogP contribution in [0.5, 0.6) is 23.0 Å². The second-order valence-electron chi connectivity index (χ2n) is 8.15. The van der Waals surface area contributed by atoms with Crippen LogP contribution in [0.3, 0.4) is 0 Å². The van der Waals surface area contributed by atoms with Crippen LogP contribution in [-0.2, 0) is 6.54 Å². The molecule has 208 valence electrons. The van der Waals surface area contributed by atoms with E-state index in [0.717, 1.165) is 6.07 Å². The van der Waals surface area contributed by atoms with Crippen LogP contribution < -0.4 is 25.5 Å². The van der Waals surface area contributed by atoms with Crippen LogP contribution in [0.4, 0.5) is 26.3 Å². The van der Waals surface area contributed by atoms with Gasteiger partial charge in [0, 0.05) is 4.88 Å². The van der Waals surface area contributed by atoms with Gasteiger partial charge in [-0.3, -0.25) is 14.3 Å². The number of halogens is 6. The minimum absolute atomic E-state index is 0.102. The lowest BCUT2D eigenvalue weighted by Gasteiger charge is -2.16. The number of aliphatic hydroxyl groups excluding tert-OH is 1. The highest BCUT2D eigenvalue weighted by molar-refractivity contribution is 7.22.